The molecule has 1 saturated carbocycles. The Hall–Kier alpha value is -1.89. The van der Waals surface area contributed by atoms with Crippen molar-refractivity contribution in [3.63, 3.8) is 0 Å². The number of aromatic carboxylic acids is 1. The minimum atomic E-state index is -0.979. The molecule has 0 atom stereocenters. The molecule has 6 nitrogen and oxygen atoms in total. The summed E-state index contributed by atoms with van der Waals surface area (Å²) in [6, 6.07) is 1.83. The third-order valence-electron chi connectivity index (χ3n) is 3.12. The maximum absolute atomic E-state index is 11.4. The summed E-state index contributed by atoms with van der Waals surface area (Å²) in [4.78, 5) is 20.2. The van der Waals surface area contributed by atoms with Crippen molar-refractivity contribution in [2.75, 3.05) is 0 Å². The molecule has 1 fully saturated rings. The van der Waals surface area contributed by atoms with Crippen LogP contribution in [0.2, 0.25) is 0 Å². The second-order valence-corrected chi connectivity index (χ2v) is 5.68. The predicted octanol–water partition coefficient (Wildman–Crippen LogP) is 2.31. The predicted molar refractivity (Wildman–Crippen MR) is 73.8 cm³/mol. The molecule has 1 aliphatic carbocycles. The zero-order chi connectivity index (χ0) is 14.1. The van der Waals surface area contributed by atoms with Crippen LogP contribution in [0.4, 0.5) is 0 Å². The van der Waals surface area contributed by atoms with Crippen LogP contribution in [-0.4, -0.2) is 30.8 Å². The molecule has 104 valence electrons. The third kappa shape index (κ3) is 2.67. The molecule has 0 radical (unpaired) electrons. The molecule has 1 N–H and O–H groups in total. The zero-order valence-corrected chi connectivity index (χ0v) is 11.8. The highest BCUT2D eigenvalue weighted by Crippen LogP contribution is 2.39. The van der Waals surface area contributed by atoms with Gasteiger partial charge in [-0.05, 0) is 25.8 Å². The molecular weight excluding hydrogens is 276 g/mol. The highest BCUT2D eigenvalue weighted by atomic mass is 32.2. The maximum atomic E-state index is 11.4. The van der Waals surface area contributed by atoms with Crippen molar-refractivity contribution in [1.29, 1.82) is 0 Å². The molecule has 0 bridgehead atoms. The fourth-order valence-corrected chi connectivity index (χ4v) is 2.89. The van der Waals surface area contributed by atoms with E-state index >= 15 is 0 Å². The van der Waals surface area contributed by atoms with E-state index in [0.717, 1.165) is 18.7 Å². The van der Waals surface area contributed by atoms with E-state index in [4.69, 9.17) is 0 Å². The van der Waals surface area contributed by atoms with Gasteiger partial charge in [0.1, 0.15) is 16.4 Å². The molecule has 0 spiro atoms. The summed E-state index contributed by atoms with van der Waals surface area (Å²) in [5.74, 6) is 0.734. The largest absolute Gasteiger partial charge is 0.478 e. The monoisotopic (exact) mass is 290 g/mol. The van der Waals surface area contributed by atoms with Gasteiger partial charge in [-0.1, -0.05) is 11.8 Å². The van der Waals surface area contributed by atoms with Gasteiger partial charge in [-0.2, -0.15) is 5.10 Å². The number of hydrogen-bond acceptors (Lipinski definition) is 5. The molecule has 3 rings (SSSR count). The van der Waals surface area contributed by atoms with Gasteiger partial charge >= 0.3 is 5.97 Å². The number of hydrogen-bond donors (Lipinski definition) is 1. The second kappa shape index (κ2) is 5.24. The molecule has 1 aliphatic rings. The van der Waals surface area contributed by atoms with Crippen LogP contribution in [0.25, 0.3) is 0 Å². The van der Waals surface area contributed by atoms with Gasteiger partial charge in [-0.25, -0.2) is 14.8 Å². The van der Waals surface area contributed by atoms with Crippen LogP contribution in [0.3, 0.4) is 0 Å². The van der Waals surface area contributed by atoms with Gasteiger partial charge in [-0.3, -0.25) is 4.68 Å². The number of carboxylic acids is 1. The van der Waals surface area contributed by atoms with Gasteiger partial charge in [-0.15, -0.1) is 0 Å². The van der Waals surface area contributed by atoms with Gasteiger partial charge in [0.25, 0.3) is 0 Å². The van der Waals surface area contributed by atoms with Gasteiger partial charge in [0.15, 0.2) is 0 Å². The average Bonchev–Trinajstić information content (AvgIpc) is 3.12. The number of carboxylic acid groups (broad SMARTS) is 1. The first kappa shape index (κ1) is 13.1. The van der Waals surface area contributed by atoms with Crippen LogP contribution in [0.5, 0.6) is 0 Å². The number of aryl methyl sites for hydroxylation is 1. The average molecular weight is 290 g/mol. The van der Waals surface area contributed by atoms with E-state index in [9.17, 15) is 9.90 Å². The van der Waals surface area contributed by atoms with E-state index in [1.807, 2.05) is 12.3 Å². The molecule has 2 aromatic rings. The van der Waals surface area contributed by atoms with Crippen LogP contribution < -0.4 is 0 Å². The number of thioether (sulfide) groups is 1. The molecule has 0 aliphatic heterocycles. The van der Waals surface area contributed by atoms with Crippen molar-refractivity contribution in [2.24, 2.45) is 0 Å². The van der Waals surface area contributed by atoms with Gasteiger partial charge in [0, 0.05) is 18.3 Å². The molecule has 0 amide bonds. The molecular formula is C13H14N4O2S. The number of carbonyl (C=O) groups is 1. The van der Waals surface area contributed by atoms with Crippen molar-refractivity contribution in [3.05, 3.63) is 35.5 Å². The molecule has 0 aromatic carbocycles. The smallest absolute Gasteiger partial charge is 0.340 e. The first-order valence-electron chi connectivity index (χ1n) is 6.37. The summed E-state index contributed by atoms with van der Waals surface area (Å²) >= 11 is 1.38. The molecule has 7 heteroatoms. The summed E-state index contributed by atoms with van der Waals surface area (Å²) in [6.07, 6.45) is 5.72. The Morgan fingerprint density at radius 2 is 2.30 bits per heavy atom. The van der Waals surface area contributed by atoms with Crippen LogP contribution in [0.1, 0.15) is 40.6 Å². The van der Waals surface area contributed by atoms with Crippen molar-refractivity contribution < 1.29 is 9.90 Å². The Morgan fingerprint density at radius 1 is 1.50 bits per heavy atom. The van der Waals surface area contributed by atoms with Crippen LogP contribution in [-0.2, 0) is 5.88 Å². The zero-order valence-electron chi connectivity index (χ0n) is 11.0. The topological polar surface area (TPSA) is 80.9 Å². The molecule has 20 heavy (non-hydrogen) atoms. The van der Waals surface area contributed by atoms with Crippen molar-refractivity contribution in [2.45, 2.75) is 36.6 Å². The van der Waals surface area contributed by atoms with E-state index in [1.165, 1.54) is 11.8 Å². The van der Waals surface area contributed by atoms with E-state index in [-0.39, 0.29) is 5.56 Å². The Balaban J connectivity index is 1.91. The number of rotatable bonds is 5. The van der Waals surface area contributed by atoms with Crippen LogP contribution >= 0.6 is 11.8 Å². The van der Waals surface area contributed by atoms with Gasteiger partial charge < -0.3 is 5.11 Å². The minimum absolute atomic E-state index is 0.201. The fraction of sp³-hybridized carbons (Fsp3) is 0.385. The summed E-state index contributed by atoms with van der Waals surface area (Å²) in [7, 11) is 0. The second-order valence-electron chi connectivity index (χ2n) is 4.75. The summed E-state index contributed by atoms with van der Waals surface area (Å²) in [5, 5.41) is 14.0. The summed E-state index contributed by atoms with van der Waals surface area (Å²) < 4.78 is 1.74. The van der Waals surface area contributed by atoms with E-state index in [2.05, 4.69) is 15.1 Å². The van der Waals surface area contributed by atoms with E-state index < -0.39 is 5.97 Å². The number of aromatic nitrogens is 4. The standard InChI is InChI=1S/C13H14N4O2S/c1-8-10(13(18)19)12(16-11(15-8)9-3-4-9)20-7-17-6-2-5-14-17/h2,5-6,9H,3-4,7H2,1H3,(H,18,19). The molecule has 2 heterocycles. The third-order valence-corrected chi connectivity index (χ3v) is 4.09. The van der Waals surface area contributed by atoms with Gasteiger partial charge in [0.2, 0.25) is 0 Å². The quantitative estimate of drug-likeness (QED) is 0.672. The normalized spacial score (nSPS) is 14.4. The fourth-order valence-electron chi connectivity index (χ4n) is 1.95. The number of nitrogens with zero attached hydrogens (tertiary/aromatic N) is 4. The van der Waals surface area contributed by atoms with Crippen molar-refractivity contribution >= 4 is 17.7 Å². The summed E-state index contributed by atoms with van der Waals surface area (Å²) in [6.45, 7) is 1.73. The Morgan fingerprint density at radius 3 is 2.90 bits per heavy atom. The summed E-state index contributed by atoms with van der Waals surface area (Å²) in [5.41, 5.74) is 0.740. The minimum Gasteiger partial charge on any atom is -0.478 e. The van der Waals surface area contributed by atoms with E-state index in [0.29, 0.717) is 22.5 Å². The lowest BCUT2D eigenvalue weighted by Crippen LogP contribution is -2.10. The van der Waals surface area contributed by atoms with Crippen molar-refractivity contribution in [1.82, 2.24) is 19.7 Å². The SMILES string of the molecule is Cc1nc(C2CC2)nc(SCn2cccn2)c1C(=O)O. The van der Waals surface area contributed by atoms with Crippen LogP contribution in [0, 0.1) is 6.92 Å². The Bertz CT molecular complexity index is 638. The lowest BCUT2D eigenvalue weighted by atomic mass is 10.2. The van der Waals surface area contributed by atoms with Crippen molar-refractivity contribution in [3.8, 4) is 0 Å². The molecule has 2 aromatic heterocycles. The van der Waals surface area contributed by atoms with Gasteiger partial charge in [0.05, 0.1) is 11.6 Å². The first-order valence-corrected chi connectivity index (χ1v) is 7.36. The van der Waals surface area contributed by atoms with E-state index in [1.54, 1.807) is 17.8 Å². The first-order chi connectivity index (χ1) is 9.65. The molecule has 0 unspecified atom stereocenters. The lowest BCUT2D eigenvalue weighted by molar-refractivity contribution is 0.0690. The Labute approximate surface area is 120 Å². The van der Waals surface area contributed by atoms with Crippen LogP contribution in [0.15, 0.2) is 23.5 Å². The Kier molecular flexibility index (Phi) is 3.43. The lowest BCUT2D eigenvalue weighted by Gasteiger charge is -2.09. The highest BCUT2D eigenvalue weighted by molar-refractivity contribution is 7.98. The highest BCUT2D eigenvalue weighted by Gasteiger charge is 2.29. The maximum Gasteiger partial charge on any atom is 0.340 e. The molecule has 0 saturated heterocycles.